The van der Waals surface area contributed by atoms with Crippen molar-refractivity contribution in [3.05, 3.63) is 72.6 Å². The van der Waals surface area contributed by atoms with Crippen molar-refractivity contribution in [3.63, 3.8) is 0 Å². The summed E-state index contributed by atoms with van der Waals surface area (Å²) in [6.07, 6.45) is 6.20. The zero-order valence-corrected chi connectivity index (χ0v) is 16.6. The molecule has 1 heterocycles. The van der Waals surface area contributed by atoms with E-state index in [1.807, 2.05) is 67.7 Å². The van der Waals surface area contributed by atoms with Crippen LogP contribution >= 0.6 is 11.8 Å². The standard InChI is InChI=1S/C22H23N3O2S/c1-16(28-22-23-13-14-25(22)19-9-10-19)21(26)24-18-7-11-20(12-8-18)27-15-17-5-3-2-4-6-17/h2-8,11-14,16,19H,9-10,15H2,1H3,(H,24,26). The summed E-state index contributed by atoms with van der Waals surface area (Å²) in [5.41, 5.74) is 1.88. The molecule has 0 spiro atoms. The molecule has 0 saturated heterocycles. The van der Waals surface area contributed by atoms with Crippen LogP contribution in [0.25, 0.3) is 0 Å². The Kier molecular flexibility index (Phi) is 5.67. The van der Waals surface area contributed by atoms with Gasteiger partial charge in [0.1, 0.15) is 12.4 Å². The minimum Gasteiger partial charge on any atom is -0.489 e. The SMILES string of the molecule is CC(Sc1nccn1C1CC1)C(=O)Nc1ccc(OCc2ccccc2)cc1. The van der Waals surface area contributed by atoms with Crippen LogP contribution in [0.2, 0.25) is 0 Å². The summed E-state index contributed by atoms with van der Waals surface area (Å²) in [4.78, 5) is 16.9. The maximum Gasteiger partial charge on any atom is 0.237 e. The summed E-state index contributed by atoms with van der Waals surface area (Å²) in [7, 11) is 0. The lowest BCUT2D eigenvalue weighted by molar-refractivity contribution is -0.115. The molecule has 4 rings (SSSR count). The molecule has 0 aliphatic heterocycles. The summed E-state index contributed by atoms with van der Waals surface area (Å²) in [6, 6.07) is 18.1. The first kappa shape index (κ1) is 18.6. The van der Waals surface area contributed by atoms with E-state index in [-0.39, 0.29) is 11.2 Å². The average molecular weight is 394 g/mol. The number of thioether (sulfide) groups is 1. The maximum atomic E-state index is 12.5. The summed E-state index contributed by atoms with van der Waals surface area (Å²) < 4.78 is 7.96. The second-order valence-electron chi connectivity index (χ2n) is 6.90. The molecule has 2 aromatic carbocycles. The van der Waals surface area contributed by atoms with Gasteiger partial charge in [-0.15, -0.1) is 0 Å². The van der Waals surface area contributed by atoms with Gasteiger partial charge >= 0.3 is 0 Å². The third-order valence-corrected chi connectivity index (χ3v) is 5.69. The number of carbonyl (C=O) groups is 1. The number of nitrogens with zero attached hydrogens (tertiary/aromatic N) is 2. The van der Waals surface area contributed by atoms with Crippen molar-refractivity contribution < 1.29 is 9.53 Å². The number of benzene rings is 2. The third kappa shape index (κ3) is 4.75. The van der Waals surface area contributed by atoms with E-state index in [4.69, 9.17) is 4.74 Å². The molecule has 5 nitrogen and oxygen atoms in total. The van der Waals surface area contributed by atoms with Crippen LogP contribution in [-0.2, 0) is 11.4 Å². The molecule has 3 aromatic rings. The molecule has 1 N–H and O–H groups in total. The van der Waals surface area contributed by atoms with Crippen molar-refractivity contribution in [1.29, 1.82) is 0 Å². The number of nitrogens with one attached hydrogen (secondary N) is 1. The Morgan fingerprint density at radius 1 is 1.21 bits per heavy atom. The smallest absolute Gasteiger partial charge is 0.237 e. The molecule has 1 aliphatic carbocycles. The number of ether oxygens (including phenoxy) is 1. The normalized spacial score (nSPS) is 14.5. The molecular formula is C22H23N3O2S. The molecular weight excluding hydrogens is 370 g/mol. The Morgan fingerprint density at radius 3 is 2.68 bits per heavy atom. The molecule has 1 saturated carbocycles. The van der Waals surface area contributed by atoms with E-state index >= 15 is 0 Å². The predicted molar refractivity (Wildman–Crippen MR) is 112 cm³/mol. The van der Waals surface area contributed by atoms with E-state index in [0.717, 1.165) is 22.2 Å². The van der Waals surface area contributed by atoms with Gasteiger partial charge in [-0.25, -0.2) is 4.98 Å². The van der Waals surface area contributed by atoms with Crippen molar-refractivity contribution in [2.75, 3.05) is 5.32 Å². The fourth-order valence-corrected chi connectivity index (χ4v) is 3.79. The number of anilines is 1. The lowest BCUT2D eigenvalue weighted by atomic mass is 10.2. The lowest BCUT2D eigenvalue weighted by Gasteiger charge is -2.13. The van der Waals surface area contributed by atoms with Gasteiger partial charge in [-0.2, -0.15) is 0 Å². The largest absolute Gasteiger partial charge is 0.489 e. The van der Waals surface area contributed by atoms with Crippen molar-refractivity contribution in [3.8, 4) is 5.75 Å². The van der Waals surface area contributed by atoms with Gasteiger partial charge in [0.25, 0.3) is 0 Å². The quantitative estimate of drug-likeness (QED) is 0.552. The monoisotopic (exact) mass is 393 g/mol. The van der Waals surface area contributed by atoms with Crippen LogP contribution in [0.4, 0.5) is 5.69 Å². The Hall–Kier alpha value is -2.73. The van der Waals surface area contributed by atoms with Crippen molar-refractivity contribution >= 4 is 23.4 Å². The Morgan fingerprint density at radius 2 is 1.96 bits per heavy atom. The van der Waals surface area contributed by atoms with Gasteiger partial charge < -0.3 is 14.6 Å². The van der Waals surface area contributed by atoms with E-state index in [0.29, 0.717) is 12.6 Å². The number of hydrogen-bond acceptors (Lipinski definition) is 4. The average Bonchev–Trinajstić information content (AvgIpc) is 3.47. The summed E-state index contributed by atoms with van der Waals surface area (Å²) in [5, 5.41) is 3.65. The Balaban J connectivity index is 1.29. The number of imidazole rings is 1. The van der Waals surface area contributed by atoms with E-state index < -0.39 is 0 Å². The topological polar surface area (TPSA) is 56.2 Å². The van der Waals surface area contributed by atoms with Gasteiger partial charge in [0.2, 0.25) is 5.91 Å². The lowest BCUT2D eigenvalue weighted by Crippen LogP contribution is -2.22. The van der Waals surface area contributed by atoms with Crippen molar-refractivity contribution in [2.24, 2.45) is 0 Å². The highest BCUT2D eigenvalue weighted by atomic mass is 32.2. The van der Waals surface area contributed by atoms with Gasteiger partial charge in [0.05, 0.1) is 5.25 Å². The first-order chi connectivity index (χ1) is 13.7. The van der Waals surface area contributed by atoms with Crippen molar-refractivity contribution in [1.82, 2.24) is 9.55 Å². The molecule has 144 valence electrons. The number of hydrogen-bond donors (Lipinski definition) is 1. The fraction of sp³-hybridized carbons (Fsp3) is 0.273. The maximum absolute atomic E-state index is 12.5. The zero-order chi connectivity index (χ0) is 19.3. The van der Waals surface area contributed by atoms with E-state index in [9.17, 15) is 4.79 Å². The van der Waals surface area contributed by atoms with Gasteiger partial charge in [-0.1, -0.05) is 42.1 Å². The number of amides is 1. The van der Waals surface area contributed by atoms with Gasteiger partial charge in [0.15, 0.2) is 5.16 Å². The summed E-state index contributed by atoms with van der Waals surface area (Å²) in [5.74, 6) is 0.740. The highest BCUT2D eigenvalue weighted by molar-refractivity contribution is 8.00. The molecule has 0 radical (unpaired) electrons. The van der Waals surface area contributed by atoms with Crippen LogP contribution in [0.5, 0.6) is 5.75 Å². The van der Waals surface area contributed by atoms with Gasteiger partial charge in [-0.05, 0) is 49.6 Å². The van der Waals surface area contributed by atoms with Gasteiger partial charge in [-0.3, -0.25) is 4.79 Å². The Bertz CT molecular complexity index is 920. The Labute approximate surface area is 169 Å². The van der Waals surface area contributed by atoms with Crippen LogP contribution in [-0.4, -0.2) is 20.7 Å². The minimum atomic E-state index is -0.228. The van der Waals surface area contributed by atoms with Crippen LogP contribution in [0, 0.1) is 0 Å². The van der Waals surface area contributed by atoms with Crippen LogP contribution in [0.1, 0.15) is 31.4 Å². The van der Waals surface area contributed by atoms with Crippen LogP contribution < -0.4 is 10.1 Å². The van der Waals surface area contributed by atoms with Gasteiger partial charge in [0, 0.05) is 24.1 Å². The second kappa shape index (κ2) is 8.52. The summed E-state index contributed by atoms with van der Waals surface area (Å²) in [6.45, 7) is 2.43. The molecule has 0 bridgehead atoms. The molecule has 1 amide bonds. The highest BCUT2D eigenvalue weighted by Crippen LogP contribution is 2.38. The summed E-state index contributed by atoms with van der Waals surface area (Å²) >= 11 is 1.50. The first-order valence-electron chi connectivity index (χ1n) is 9.46. The minimum absolute atomic E-state index is 0.0340. The predicted octanol–water partition coefficient (Wildman–Crippen LogP) is 4.92. The molecule has 1 aromatic heterocycles. The third-order valence-electron chi connectivity index (χ3n) is 4.59. The molecule has 1 atom stereocenters. The fourth-order valence-electron chi connectivity index (χ4n) is 2.85. The molecule has 6 heteroatoms. The van der Waals surface area contributed by atoms with E-state index in [1.165, 1.54) is 24.6 Å². The van der Waals surface area contributed by atoms with E-state index in [2.05, 4.69) is 14.9 Å². The first-order valence-corrected chi connectivity index (χ1v) is 10.3. The highest BCUT2D eigenvalue weighted by Gasteiger charge is 2.27. The van der Waals surface area contributed by atoms with Crippen LogP contribution in [0.15, 0.2) is 72.1 Å². The molecule has 1 aliphatic rings. The second-order valence-corrected chi connectivity index (χ2v) is 8.20. The van der Waals surface area contributed by atoms with Crippen LogP contribution in [0.3, 0.4) is 0 Å². The van der Waals surface area contributed by atoms with Crippen molar-refractivity contribution in [2.45, 2.75) is 42.8 Å². The number of carbonyl (C=O) groups excluding carboxylic acids is 1. The zero-order valence-electron chi connectivity index (χ0n) is 15.7. The number of aromatic nitrogens is 2. The molecule has 1 fully saturated rings. The van der Waals surface area contributed by atoms with E-state index in [1.54, 1.807) is 6.20 Å². The molecule has 28 heavy (non-hydrogen) atoms. The molecule has 1 unspecified atom stereocenters. The number of rotatable bonds is 8.